The van der Waals surface area contributed by atoms with Gasteiger partial charge in [0.25, 0.3) is 0 Å². The van der Waals surface area contributed by atoms with E-state index < -0.39 is 11.9 Å². The Morgan fingerprint density at radius 3 is 2.70 bits per heavy atom. The molecule has 0 saturated carbocycles. The Bertz CT molecular complexity index is 655. The molecular weight excluding hydrogens is 279 g/mol. The first-order chi connectivity index (χ1) is 9.63. The molecule has 0 amide bonds. The summed E-state index contributed by atoms with van der Waals surface area (Å²) in [6, 6.07) is 12.9. The van der Waals surface area contributed by atoms with Crippen molar-refractivity contribution in [3.63, 3.8) is 0 Å². The second-order valence-corrected chi connectivity index (χ2v) is 4.60. The molecule has 1 unspecified atom stereocenters. The lowest BCUT2D eigenvalue weighted by Gasteiger charge is -2.15. The van der Waals surface area contributed by atoms with Crippen LogP contribution < -0.4 is 5.32 Å². The molecule has 0 aromatic heterocycles. The Labute approximate surface area is 121 Å². The molecule has 0 radical (unpaired) electrons. The number of hydrogen-bond acceptors (Lipinski definition) is 3. The maximum Gasteiger partial charge on any atom is 0.129 e. The zero-order chi connectivity index (χ0) is 14.5. The SMILES string of the molecule is N#Cc1cccc(Cl)c1NCC(O)c1ccccc1F. The van der Waals surface area contributed by atoms with Crippen LogP contribution in [0, 0.1) is 17.1 Å². The van der Waals surface area contributed by atoms with Gasteiger partial charge in [0.2, 0.25) is 0 Å². The molecule has 0 aliphatic rings. The van der Waals surface area contributed by atoms with E-state index in [9.17, 15) is 9.50 Å². The van der Waals surface area contributed by atoms with Gasteiger partial charge >= 0.3 is 0 Å². The highest BCUT2D eigenvalue weighted by Gasteiger charge is 2.13. The first-order valence-electron chi connectivity index (χ1n) is 5.98. The summed E-state index contributed by atoms with van der Waals surface area (Å²) in [5.41, 5.74) is 1.01. The zero-order valence-electron chi connectivity index (χ0n) is 10.5. The molecule has 102 valence electrons. The van der Waals surface area contributed by atoms with E-state index in [0.29, 0.717) is 16.3 Å². The fourth-order valence-corrected chi connectivity index (χ4v) is 2.09. The first kappa shape index (κ1) is 14.3. The molecule has 0 spiro atoms. The lowest BCUT2D eigenvalue weighted by Crippen LogP contribution is -2.14. The summed E-state index contributed by atoms with van der Waals surface area (Å²) in [7, 11) is 0. The fraction of sp³-hybridized carbons (Fsp3) is 0.133. The van der Waals surface area contributed by atoms with Crippen molar-refractivity contribution < 1.29 is 9.50 Å². The molecule has 2 rings (SSSR count). The van der Waals surface area contributed by atoms with Crippen LogP contribution in [0.25, 0.3) is 0 Å². The molecule has 2 aromatic rings. The van der Waals surface area contributed by atoms with Crippen LogP contribution in [0.4, 0.5) is 10.1 Å². The monoisotopic (exact) mass is 290 g/mol. The molecule has 1 atom stereocenters. The van der Waals surface area contributed by atoms with Crippen molar-refractivity contribution in [1.29, 1.82) is 5.26 Å². The summed E-state index contributed by atoms with van der Waals surface area (Å²) in [5.74, 6) is -0.471. The molecule has 3 nitrogen and oxygen atoms in total. The van der Waals surface area contributed by atoms with E-state index >= 15 is 0 Å². The summed E-state index contributed by atoms with van der Waals surface area (Å²) in [4.78, 5) is 0. The number of rotatable bonds is 4. The average molecular weight is 291 g/mol. The molecule has 20 heavy (non-hydrogen) atoms. The number of benzene rings is 2. The Hall–Kier alpha value is -2.09. The van der Waals surface area contributed by atoms with E-state index in [4.69, 9.17) is 16.9 Å². The van der Waals surface area contributed by atoms with Crippen molar-refractivity contribution in [1.82, 2.24) is 0 Å². The normalized spacial score (nSPS) is 11.7. The maximum absolute atomic E-state index is 13.5. The Balaban J connectivity index is 2.14. The van der Waals surface area contributed by atoms with Crippen molar-refractivity contribution in [2.45, 2.75) is 6.10 Å². The van der Waals surface area contributed by atoms with Gasteiger partial charge < -0.3 is 10.4 Å². The third-order valence-electron chi connectivity index (χ3n) is 2.87. The summed E-state index contributed by atoms with van der Waals surface area (Å²) >= 11 is 6.00. The third kappa shape index (κ3) is 3.08. The van der Waals surface area contributed by atoms with Crippen molar-refractivity contribution in [2.24, 2.45) is 0 Å². The van der Waals surface area contributed by atoms with E-state index in [-0.39, 0.29) is 12.1 Å². The summed E-state index contributed by atoms with van der Waals surface area (Å²) in [6.45, 7) is 0.0549. The van der Waals surface area contributed by atoms with Gasteiger partial charge in [0.1, 0.15) is 11.9 Å². The highest BCUT2D eigenvalue weighted by molar-refractivity contribution is 6.33. The van der Waals surface area contributed by atoms with E-state index in [1.165, 1.54) is 12.1 Å². The highest BCUT2D eigenvalue weighted by Crippen LogP contribution is 2.26. The second kappa shape index (κ2) is 6.38. The van der Waals surface area contributed by atoms with Gasteiger partial charge in [0.05, 0.1) is 22.4 Å². The number of nitrogens with zero attached hydrogens (tertiary/aromatic N) is 1. The van der Waals surface area contributed by atoms with E-state index in [2.05, 4.69) is 5.32 Å². The van der Waals surface area contributed by atoms with Crippen LogP contribution >= 0.6 is 11.6 Å². The minimum absolute atomic E-state index is 0.0549. The van der Waals surface area contributed by atoms with Gasteiger partial charge in [-0.2, -0.15) is 5.26 Å². The molecule has 0 bridgehead atoms. The number of nitrogens with one attached hydrogen (secondary N) is 1. The van der Waals surface area contributed by atoms with Crippen molar-refractivity contribution in [3.8, 4) is 6.07 Å². The van der Waals surface area contributed by atoms with E-state index in [1.54, 1.807) is 30.3 Å². The highest BCUT2D eigenvalue weighted by atomic mass is 35.5. The molecule has 2 N–H and O–H groups in total. The van der Waals surface area contributed by atoms with Crippen LogP contribution in [0.5, 0.6) is 0 Å². The van der Waals surface area contributed by atoms with E-state index in [1.807, 2.05) is 6.07 Å². The molecule has 0 aliphatic heterocycles. The molecule has 0 aliphatic carbocycles. The quantitative estimate of drug-likeness (QED) is 0.906. The van der Waals surface area contributed by atoms with Gasteiger partial charge in [0.15, 0.2) is 0 Å². The molecule has 5 heteroatoms. The predicted molar refractivity (Wildman–Crippen MR) is 76.0 cm³/mol. The Morgan fingerprint density at radius 1 is 1.25 bits per heavy atom. The number of hydrogen-bond donors (Lipinski definition) is 2. The van der Waals surface area contributed by atoms with Crippen LogP contribution in [-0.2, 0) is 0 Å². The second-order valence-electron chi connectivity index (χ2n) is 4.19. The van der Waals surface area contributed by atoms with Crippen molar-refractivity contribution >= 4 is 17.3 Å². The Kier molecular flexibility index (Phi) is 4.57. The zero-order valence-corrected chi connectivity index (χ0v) is 11.2. The fourth-order valence-electron chi connectivity index (χ4n) is 1.85. The smallest absolute Gasteiger partial charge is 0.129 e. The summed E-state index contributed by atoms with van der Waals surface area (Å²) in [6.07, 6.45) is -1.03. The van der Waals surface area contributed by atoms with Gasteiger partial charge in [-0.25, -0.2) is 4.39 Å². The molecule has 2 aromatic carbocycles. The summed E-state index contributed by atoms with van der Waals surface area (Å²) < 4.78 is 13.5. The van der Waals surface area contributed by atoms with Gasteiger partial charge in [-0.3, -0.25) is 0 Å². The van der Waals surface area contributed by atoms with Gasteiger partial charge in [-0.15, -0.1) is 0 Å². The van der Waals surface area contributed by atoms with Crippen molar-refractivity contribution in [2.75, 3.05) is 11.9 Å². The minimum atomic E-state index is -1.03. The number of para-hydroxylation sites is 1. The lowest BCUT2D eigenvalue weighted by molar-refractivity contribution is 0.186. The number of halogens is 2. The average Bonchev–Trinajstić information content (AvgIpc) is 2.46. The van der Waals surface area contributed by atoms with Gasteiger partial charge in [-0.1, -0.05) is 35.9 Å². The van der Waals surface area contributed by atoms with Crippen LogP contribution in [0.1, 0.15) is 17.2 Å². The summed E-state index contributed by atoms with van der Waals surface area (Å²) in [5, 5.41) is 22.3. The van der Waals surface area contributed by atoms with E-state index in [0.717, 1.165) is 0 Å². The molecule has 0 saturated heterocycles. The molecule has 0 fully saturated rings. The van der Waals surface area contributed by atoms with Crippen LogP contribution in [0.15, 0.2) is 42.5 Å². The number of nitriles is 1. The molecular formula is C15H12ClFN2O. The lowest BCUT2D eigenvalue weighted by atomic mass is 10.1. The minimum Gasteiger partial charge on any atom is -0.386 e. The van der Waals surface area contributed by atoms with Crippen LogP contribution in [-0.4, -0.2) is 11.7 Å². The van der Waals surface area contributed by atoms with Crippen LogP contribution in [0.2, 0.25) is 5.02 Å². The molecule has 0 heterocycles. The standard InChI is InChI=1S/C15H12ClFN2O/c16-12-6-3-4-10(8-18)15(12)19-9-14(20)11-5-1-2-7-13(11)17/h1-7,14,19-20H,9H2. The third-order valence-corrected chi connectivity index (χ3v) is 3.19. The van der Waals surface area contributed by atoms with Gasteiger partial charge in [-0.05, 0) is 18.2 Å². The van der Waals surface area contributed by atoms with Crippen molar-refractivity contribution in [3.05, 3.63) is 64.4 Å². The maximum atomic E-state index is 13.5. The van der Waals surface area contributed by atoms with Gasteiger partial charge in [0, 0.05) is 12.1 Å². The topological polar surface area (TPSA) is 56.0 Å². The number of anilines is 1. The Morgan fingerprint density at radius 2 is 2.00 bits per heavy atom. The van der Waals surface area contributed by atoms with Crippen LogP contribution in [0.3, 0.4) is 0 Å². The number of aliphatic hydroxyl groups excluding tert-OH is 1. The first-order valence-corrected chi connectivity index (χ1v) is 6.36. The largest absolute Gasteiger partial charge is 0.386 e. The predicted octanol–water partition coefficient (Wildman–Crippen LogP) is 3.50. The number of aliphatic hydroxyl groups is 1.